The van der Waals surface area contributed by atoms with Crippen LogP contribution in [0, 0.1) is 13.8 Å². The Kier molecular flexibility index (Phi) is 7.50. The molecule has 12 heteroatoms. The summed E-state index contributed by atoms with van der Waals surface area (Å²) in [6, 6.07) is 15.8. The first-order chi connectivity index (χ1) is 19.4. The first-order valence-electron chi connectivity index (χ1n) is 12.1. The van der Waals surface area contributed by atoms with Crippen LogP contribution >= 0.6 is 22.9 Å². The molecule has 0 aliphatic rings. The predicted octanol–water partition coefficient (Wildman–Crippen LogP) is 7.78. The normalized spacial score (nSPS) is 11.6. The first-order valence-corrected chi connectivity index (χ1v) is 13.3. The number of halogens is 4. The molecule has 3 N–H and O–H groups in total. The van der Waals surface area contributed by atoms with Crippen molar-refractivity contribution in [1.82, 2.24) is 4.98 Å². The molecule has 3 heterocycles. The fourth-order valence-corrected chi connectivity index (χ4v) is 5.24. The molecule has 2 amide bonds. The van der Waals surface area contributed by atoms with Gasteiger partial charge in [0.2, 0.25) is 0 Å². The van der Waals surface area contributed by atoms with Crippen molar-refractivity contribution < 1.29 is 31.9 Å². The third-order valence-corrected chi connectivity index (χ3v) is 7.70. The molecule has 3 aromatic heterocycles. The van der Waals surface area contributed by atoms with Gasteiger partial charge < -0.3 is 20.2 Å². The number of ether oxygens (including phenoxy) is 1. The average molecular weight is 600 g/mol. The van der Waals surface area contributed by atoms with Gasteiger partial charge in [0.05, 0.1) is 5.69 Å². The lowest BCUT2D eigenvalue weighted by molar-refractivity contribution is -0.140. The van der Waals surface area contributed by atoms with Gasteiger partial charge in [0.1, 0.15) is 33.5 Å². The zero-order chi connectivity index (χ0) is 29.5. The molecule has 5 rings (SSSR count). The van der Waals surface area contributed by atoms with Crippen molar-refractivity contribution in [2.75, 3.05) is 5.32 Å². The molecule has 0 aliphatic heterocycles. The van der Waals surface area contributed by atoms with Crippen LogP contribution < -0.4 is 15.8 Å². The number of pyridine rings is 1. The molecular weight excluding hydrogens is 579 g/mol. The summed E-state index contributed by atoms with van der Waals surface area (Å²) in [7, 11) is 0. The number of hydrogen-bond donors (Lipinski definition) is 2. The maximum atomic E-state index is 13.7. The van der Waals surface area contributed by atoms with Crippen molar-refractivity contribution >= 4 is 50.7 Å². The van der Waals surface area contributed by atoms with Gasteiger partial charge in [-0.1, -0.05) is 41.4 Å². The molecule has 0 fully saturated rings. The molecule has 210 valence electrons. The molecule has 2 aromatic carbocycles. The summed E-state index contributed by atoms with van der Waals surface area (Å²) in [5.41, 5.74) is 6.68. The quantitative estimate of drug-likeness (QED) is 0.199. The fourth-order valence-electron chi connectivity index (χ4n) is 4.11. The maximum Gasteiger partial charge on any atom is 0.433 e. The van der Waals surface area contributed by atoms with Gasteiger partial charge in [-0.3, -0.25) is 9.59 Å². The van der Waals surface area contributed by atoms with Crippen molar-refractivity contribution in [2.24, 2.45) is 5.73 Å². The number of nitrogens with one attached hydrogen (secondary N) is 1. The Balaban J connectivity index is 1.50. The maximum absolute atomic E-state index is 13.7. The van der Waals surface area contributed by atoms with Gasteiger partial charge >= 0.3 is 6.18 Å². The van der Waals surface area contributed by atoms with Crippen molar-refractivity contribution in [3.63, 3.8) is 0 Å². The minimum atomic E-state index is -4.74. The number of aryl methyl sites for hydroxylation is 2. The first kappa shape index (κ1) is 28.2. The summed E-state index contributed by atoms with van der Waals surface area (Å²) in [5, 5.41) is 3.36. The van der Waals surface area contributed by atoms with Crippen LogP contribution in [0.5, 0.6) is 5.75 Å². The fraction of sp³-hybridized carbons (Fsp3) is 0.138. The van der Waals surface area contributed by atoms with Crippen LogP contribution in [0.15, 0.2) is 65.1 Å². The number of nitrogens with zero attached hydrogens (tertiary/aromatic N) is 1. The van der Waals surface area contributed by atoms with Crippen molar-refractivity contribution in [3.05, 3.63) is 98.9 Å². The number of aromatic nitrogens is 1. The molecule has 0 radical (unpaired) electrons. The molecule has 7 nitrogen and oxygen atoms in total. The topological polar surface area (TPSA) is 107 Å². The number of alkyl halides is 3. The number of thiophene rings is 1. The van der Waals surface area contributed by atoms with Crippen LogP contribution in [0.1, 0.15) is 42.8 Å². The predicted molar refractivity (Wildman–Crippen MR) is 150 cm³/mol. The molecule has 0 spiro atoms. The summed E-state index contributed by atoms with van der Waals surface area (Å²) in [5.74, 6) is -0.888. The van der Waals surface area contributed by atoms with Crippen molar-refractivity contribution in [2.45, 2.75) is 26.6 Å². The number of amides is 2. The second kappa shape index (κ2) is 10.9. The molecule has 0 saturated carbocycles. The van der Waals surface area contributed by atoms with Gasteiger partial charge in [-0.15, -0.1) is 11.3 Å². The number of primary amides is 1. The number of furan rings is 1. The summed E-state index contributed by atoms with van der Waals surface area (Å²) < 4.78 is 52.5. The number of carbonyl (C=O) groups is 2. The van der Waals surface area contributed by atoms with E-state index in [1.807, 2.05) is 13.8 Å². The third-order valence-electron chi connectivity index (χ3n) is 6.17. The van der Waals surface area contributed by atoms with E-state index in [4.69, 9.17) is 26.5 Å². The average Bonchev–Trinajstić information content (AvgIpc) is 3.54. The number of anilines is 1. The smallest absolute Gasteiger partial charge is 0.433 e. The van der Waals surface area contributed by atoms with Crippen molar-refractivity contribution in [1.29, 1.82) is 0 Å². The van der Waals surface area contributed by atoms with Crippen LogP contribution in [0.4, 0.5) is 18.9 Å². The van der Waals surface area contributed by atoms with E-state index in [-0.39, 0.29) is 38.7 Å². The largest absolute Gasteiger partial charge is 0.486 e. The van der Waals surface area contributed by atoms with Crippen LogP contribution in [-0.4, -0.2) is 16.8 Å². The molecule has 5 aromatic rings. The SMILES string of the molecule is Cc1ccc(-c2cc(C(F)(F)F)nc3sc(C(N)=O)c(NC(=O)c4ccc(COc5ccc(Cl)c(C)c5)o4)c23)cc1. The van der Waals surface area contributed by atoms with Gasteiger partial charge in [0.15, 0.2) is 5.76 Å². The summed E-state index contributed by atoms with van der Waals surface area (Å²) in [4.78, 5) is 29.0. The van der Waals surface area contributed by atoms with Gasteiger partial charge in [-0.25, -0.2) is 4.98 Å². The molecule has 0 aliphatic carbocycles. The lowest BCUT2D eigenvalue weighted by atomic mass is 10.00. The number of rotatable bonds is 7. The molecular formula is C29H21ClF3N3O4S. The molecule has 0 atom stereocenters. The second-order valence-corrected chi connectivity index (χ2v) is 10.6. The lowest BCUT2D eigenvalue weighted by Gasteiger charge is -2.12. The zero-order valence-electron chi connectivity index (χ0n) is 21.6. The second-order valence-electron chi connectivity index (χ2n) is 9.19. The molecule has 41 heavy (non-hydrogen) atoms. The molecule has 0 unspecified atom stereocenters. The highest BCUT2D eigenvalue weighted by atomic mass is 35.5. The Morgan fingerprint density at radius 2 is 1.80 bits per heavy atom. The number of hydrogen-bond acceptors (Lipinski definition) is 6. The van der Waals surface area contributed by atoms with E-state index >= 15 is 0 Å². The van der Waals surface area contributed by atoms with Crippen LogP contribution in [0.3, 0.4) is 0 Å². The Labute approximate surface area is 240 Å². The monoisotopic (exact) mass is 599 g/mol. The van der Waals surface area contributed by atoms with E-state index in [1.54, 1.807) is 48.5 Å². The van der Waals surface area contributed by atoms with Crippen LogP contribution in [0.2, 0.25) is 5.02 Å². The Morgan fingerprint density at radius 3 is 2.46 bits per heavy atom. The van der Waals surface area contributed by atoms with Gasteiger partial charge in [0, 0.05) is 10.4 Å². The highest BCUT2D eigenvalue weighted by Gasteiger charge is 2.35. The Hall–Kier alpha value is -4.35. The van der Waals surface area contributed by atoms with E-state index in [2.05, 4.69) is 10.3 Å². The minimum absolute atomic E-state index is 0.0178. The van der Waals surface area contributed by atoms with E-state index in [1.165, 1.54) is 6.07 Å². The highest BCUT2D eigenvalue weighted by Crippen LogP contribution is 2.44. The summed E-state index contributed by atoms with van der Waals surface area (Å²) in [6.07, 6.45) is -4.74. The van der Waals surface area contributed by atoms with E-state index in [0.717, 1.165) is 17.2 Å². The Bertz CT molecular complexity index is 1800. The molecule has 0 bridgehead atoms. The van der Waals surface area contributed by atoms with Gasteiger partial charge in [0.25, 0.3) is 11.8 Å². The number of nitrogens with two attached hydrogens (primary N) is 1. The Morgan fingerprint density at radius 1 is 1.07 bits per heavy atom. The lowest BCUT2D eigenvalue weighted by Crippen LogP contribution is -2.16. The third kappa shape index (κ3) is 5.91. The summed E-state index contributed by atoms with van der Waals surface area (Å²) >= 11 is 6.70. The summed E-state index contributed by atoms with van der Waals surface area (Å²) in [6.45, 7) is 3.69. The number of benzene rings is 2. The van der Waals surface area contributed by atoms with E-state index in [0.29, 0.717) is 33.4 Å². The van der Waals surface area contributed by atoms with Gasteiger partial charge in [-0.2, -0.15) is 13.2 Å². The highest BCUT2D eigenvalue weighted by molar-refractivity contribution is 7.21. The standard InChI is InChI=1S/C29H21ClF3N3O4S/c1-14-3-5-16(6-4-14)19-12-22(29(31,32)33)35-28-23(19)24(25(41-28)26(34)37)36-27(38)21-10-8-18(40-21)13-39-17-7-9-20(30)15(2)11-17/h3-12H,13H2,1-2H3,(H2,34,37)(H,36,38). The zero-order valence-corrected chi connectivity index (χ0v) is 23.1. The number of fused-ring (bicyclic) bond motifs is 1. The number of carbonyl (C=O) groups excluding carboxylic acids is 2. The van der Waals surface area contributed by atoms with Gasteiger partial charge in [-0.05, 0) is 66.9 Å². The van der Waals surface area contributed by atoms with E-state index < -0.39 is 23.7 Å². The molecule has 0 saturated heterocycles. The van der Waals surface area contributed by atoms with Crippen LogP contribution in [0.25, 0.3) is 21.3 Å². The minimum Gasteiger partial charge on any atom is -0.486 e. The van der Waals surface area contributed by atoms with E-state index in [9.17, 15) is 22.8 Å². The van der Waals surface area contributed by atoms with Crippen molar-refractivity contribution in [3.8, 4) is 16.9 Å². The van der Waals surface area contributed by atoms with Crippen LogP contribution in [-0.2, 0) is 12.8 Å².